The van der Waals surface area contributed by atoms with Crippen molar-refractivity contribution in [2.45, 2.75) is 19.4 Å². The fourth-order valence-corrected chi connectivity index (χ4v) is 2.09. The Morgan fingerprint density at radius 3 is 2.63 bits per heavy atom. The number of benzene rings is 2. The zero-order valence-electron chi connectivity index (χ0n) is 10.3. The molecule has 2 rings (SSSR count). The molecule has 0 saturated heterocycles. The third-order valence-corrected chi connectivity index (χ3v) is 3.24. The first-order valence-corrected chi connectivity index (χ1v) is 6.24. The maximum atomic E-state index is 13.8. The van der Waals surface area contributed by atoms with E-state index >= 15 is 0 Å². The molecule has 0 bridgehead atoms. The van der Waals surface area contributed by atoms with E-state index in [2.05, 4.69) is 0 Å². The quantitative estimate of drug-likeness (QED) is 0.894. The van der Waals surface area contributed by atoms with Gasteiger partial charge in [0.1, 0.15) is 11.6 Å². The second kappa shape index (κ2) is 5.68. The van der Waals surface area contributed by atoms with E-state index in [1.54, 1.807) is 25.1 Å². The van der Waals surface area contributed by atoms with Crippen LogP contribution in [0.1, 0.15) is 22.8 Å². The van der Waals surface area contributed by atoms with Crippen molar-refractivity contribution in [2.24, 2.45) is 0 Å². The van der Waals surface area contributed by atoms with Crippen molar-refractivity contribution in [1.29, 1.82) is 0 Å². The highest BCUT2D eigenvalue weighted by Gasteiger charge is 2.16. The zero-order chi connectivity index (χ0) is 14.0. The van der Waals surface area contributed by atoms with Crippen molar-refractivity contribution in [1.82, 2.24) is 0 Å². The maximum absolute atomic E-state index is 13.8. The van der Waals surface area contributed by atoms with Gasteiger partial charge in [-0.3, -0.25) is 0 Å². The van der Waals surface area contributed by atoms with Crippen LogP contribution < -0.4 is 0 Å². The van der Waals surface area contributed by atoms with Gasteiger partial charge in [-0.15, -0.1) is 0 Å². The van der Waals surface area contributed by atoms with Gasteiger partial charge in [0.05, 0.1) is 6.10 Å². The summed E-state index contributed by atoms with van der Waals surface area (Å²) in [6, 6.07) is 8.99. The molecule has 0 spiro atoms. The molecule has 1 nitrogen and oxygen atoms in total. The van der Waals surface area contributed by atoms with E-state index in [1.165, 1.54) is 18.2 Å². The van der Waals surface area contributed by atoms with Crippen LogP contribution in [0.2, 0.25) is 5.02 Å². The van der Waals surface area contributed by atoms with E-state index in [0.717, 1.165) is 0 Å². The van der Waals surface area contributed by atoms with Gasteiger partial charge in [0.25, 0.3) is 0 Å². The number of aryl methyl sites for hydroxylation is 1. The SMILES string of the molecule is Cc1cccc(C(O)Cc2ccc(Cl)cc2F)c1F. The smallest absolute Gasteiger partial charge is 0.131 e. The van der Waals surface area contributed by atoms with E-state index in [9.17, 15) is 13.9 Å². The van der Waals surface area contributed by atoms with Gasteiger partial charge in [-0.1, -0.05) is 35.9 Å². The lowest BCUT2D eigenvalue weighted by atomic mass is 9.99. The molecule has 0 radical (unpaired) electrons. The second-order valence-electron chi connectivity index (χ2n) is 4.43. The van der Waals surface area contributed by atoms with Gasteiger partial charge in [0.2, 0.25) is 0 Å². The number of halogens is 3. The third kappa shape index (κ3) is 3.11. The summed E-state index contributed by atoms with van der Waals surface area (Å²) in [4.78, 5) is 0. The van der Waals surface area contributed by atoms with Gasteiger partial charge < -0.3 is 5.11 Å². The maximum Gasteiger partial charge on any atom is 0.131 e. The summed E-state index contributed by atoms with van der Waals surface area (Å²) in [7, 11) is 0. The molecule has 0 fully saturated rings. The molecule has 1 atom stereocenters. The molecule has 0 amide bonds. The molecule has 1 unspecified atom stereocenters. The molecule has 19 heavy (non-hydrogen) atoms. The van der Waals surface area contributed by atoms with E-state index in [-0.39, 0.29) is 17.0 Å². The predicted molar refractivity (Wildman–Crippen MR) is 71.2 cm³/mol. The molecule has 2 aromatic rings. The zero-order valence-corrected chi connectivity index (χ0v) is 11.1. The highest BCUT2D eigenvalue weighted by molar-refractivity contribution is 6.30. The lowest BCUT2D eigenvalue weighted by Gasteiger charge is -2.13. The van der Waals surface area contributed by atoms with E-state index < -0.39 is 17.7 Å². The second-order valence-corrected chi connectivity index (χ2v) is 4.87. The first-order valence-electron chi connectivity index (χ1n) is 5.86. The lowest BCUT2D eigenvalue weighted by Crippen LogP contribution is -2.06. The topological polar surface area (TPSA) is 20.2 Å². The average molecular weight is 283 g/mol. The van der Waals surface area contributed by atoms with Crippen LogP contribution >= 0.6 is 11.6 Å². The molecule has 0 aliphatic carbocycles. The monoisotopic (exact) mass is 282 g/mol. The summed E-state index contributed by atoms with van der Waals surface area (Å²) < 4.78 is 27.5. The first-order chi connectivity index (χ1) is 8.99. The molecule has 1 N–H and O–H groups in total. The van der Waals surface area contributed by atoms with Crippen LogP contribution in [0.3, 0.4) is 0 Å². The molecular weight excluding hydrogens is 270 g/mol. The lowest BCUT2D eigenvalue weighted by molar-refractivity contribution is 0.172. The number of hydrogen-bond donors (Lipinski definition) is 1. The predicted octanol–water partition coefficient (Wildman–Crippen LogP) is 4.20. The Morgan fingerprint density at radius 1 is 1.21 bits per heavy atom. The number of aliphatic hydroxyl groups excluding tert-OH is 1. The highest BCUT2D eigenvalue weighted by atomic mass is 35.5. The van der Waals surface area contributed by atoms with E-state index in [1.807, 2.05) is 0 Å². The van der Waals surface area contributed by atoms with Gasteiger partial charge in [0, 0.05) is 17.0 Å². The molecule has 0 saturated carbocycles. The Balaban J connectivity index is 2.25. The molecule has 0 aromatic heterocycles. The van der Waals surface area contributed by atoms with Crippen molar-refractivity contribution < 1.29 is 13.9 Å². The van der Waals surface area contributed by atoms with Gasteiger partial charge in [-0.05, 0) is 30.2 Å². The normalized spacial score (nSPS) is 12.5. The Labute approximate surface area is 115 Å². The minimum Gasteiger partial charge on any atom is -0.388 e. The van der Waals surface area contributed by atoms with Gasteiger partial charge >= 0.3 is 0 Å². The summed E-state index contributed by atoms with van der Waals surface area (Å²) in [5, 5.41) is 10.3. The van der Waals surface area contributed by atoms with Crippen LogP contribution in [-0.2, 0) is 6.42 Å². The summed E-state index contributed by atoms with van der Waals surface area (Å²) >= 11 is 5.65. The molecule has 100 valence electrons. The average Bonchev–Trinajstić information content (AvgIpc) is 2.36. The van der Waals surface area contributed by atoms with Crippen molar-refractivity contribution >= 4 is 11.6 Å². The van der Waals surface area contributed by atoms with Crippen LogP contribution in [-0.4, -0.2) is 5.11 Å². The Bertz CT molecular complexity index is 599. The molecule has 2 aromatic carbocycles. The summed E-state index contributed by atoms with van der Waals surface area (Å²) in [5.41, 5.74) is 0.931. The molecule has 0 heterocycles. The van der Waals surface area contributed by atoms with Crippen molar-refractivity contribution in [2.75, 3.05) is 0 Å². The van der Waals surface area contributed by atoms with E-state index in [0.29, 0.717) is 11.1 Å². The first kappa shape index (κ1) is 14.0. The van der Waals surface area contributed by atoms with Crippen LogP contribution in [0.5, 0.6) is 0 Å². The van der Waals surface area contributed by atoms with Crippen LogP contribution in [0, 0.1) is 18.6 Å². The third-order valence-electron chi connectivity index (χ3n) is 3.01. The van der Waals surface area contributed by atoms with Gasteiger partial charge in [0.15, 0.2) is 0 Å². The van der Waals surface area contributed by atoms with E-state index in [4.69, 9.17) is 11.6 Å². The molecule has 4 heteroatoms. The fourth-order valence-electron chi connectivity index (χ4n) is 1.93. The minimum absolute atomic E-state index is 0.00335. The Morgan fingerprint density at radius 2 is 1.95 bits per heavy atom. The largest absolute Gasteiger partial charge is 0.388 e. The Hall–Kier alpha value is -1.45. The number of rotatable bonds is 3. The van der Waals surface area contributed by atoms with Gasteiger partial charge in [-0.2, -0.15) is 0 Å². The minimum atomic E-state index is -1.09. The van der Waals surface area contributed by atoms with Crippen molar-refractivity contribution in [3.05, 3.63) is 69.7 Å². The van der Waals surface area contributed by atoms with Gasteiger partial charge in [-0.25, -0.2) is 8.78 Å². The molecule has 0 aliphatic rings. The van der Waals surface area contributed by atoms with Crippen LogP contribution in [0.15, 0.2) is 36.4 Å². The van der Waals surface area contributed by atoms with Crippen LogP contribution in [0.4, 0.5) is 8.78 Å². The fraction of sp³-hybridized carbons (Fsp3) is 0.200. The number of aliphatic hydroxyl groups is 1. The standard InChI is InChI=1S/C15H13ClF2O/c1-9-3-2-4-12(15(9)18)14(19)7-10-5-6-11(16)8-13(10)17/h2-6,8,14,19H,7H2,1H3. The van der Waals surface area contributed by atoms with Crippen LogP contribution in [0.25, 0.3) is 0 Å². The summed E-state index contributed by atoms with van der Waals surface area (Å²) in [5.74, 6) is -0.955. The summed E-state index contributed by atoms with van der Waals surface area (Å²) in [6.07, 6.45) is -1.08. The Kier molecular flexibility index (Phi) is 4.17. The molecule has 0 aliphatic heterocycles. The summed E-state index contributed by atoms with van der Waals surface area (Å²) in [6.45, 7) is 1.62. The van der Waals surface area contributed by atoms with Crippen molar-refractivity contribution in [3.63, 3.8) is 0 Å². The molecular formula is C15H13ClF2O. The highest BCUT2D eigenvalue weighted by Crippen LogP contribution is 2.25. The van der Waals surface area contributed by atoms with Crippen molar-refractivity contribution in [3.8, 4) is 0 Å². The number of hydrogen-bond acceptors (Lipinski definition) is 1.